The molecular formula is C12H11NO3. The maximum atomic E-state index is 10.9. The van der Waals surface area contributed by atoms with E-state index in [1.165, 1.54) is 0 Å². The van der Waals surface area contributed by atoms with Crippen molar-refractivity contribution in [3.63, 3.8) is 0 Å². The summed E-state index contributed by atoms with van der Waals surface area (Å²) in [5.41, 5.74) is 1.29. The topological polar surface area (TPSA) is 58.6 Å². The fourth-order valence-electron chi connectivity index (χ4n) is 1.41. The second-order valence-corrected chi connectivity index (χ2v) is 3.35. The monoisotopic (exact) mass is 217 g/mol. The Bertz CT molecular complexity index is 472. The molecule has 1 aromatic carbocycles. The van der Waals surface area contributed by atoms with Crippen molar-refractivity contribution in [3.8, 4) is 5.75 Å². The van der Waals surface area contributed by atoms with Crippen LogP contribution in [-0.4, -0.2) is 18.1 Å². The average Bonchev–Trinajstić information content (AvgIpc) is 2.59. The summed E-state index contributed by atoms with van der Waals surface area (Å²) in [4.78, 5) is 10.9. The maximum Gasteiger partial charge on any atom is 0.252 e. The number of hydrogen-bond donors (Lipinski definition) is 2. The number of rotatable bonds is 2. The average molecular weight is 217 g/mol. The van der Waals surface area contributed by atoms with Gasteiger partial charge in [0.1, 0.15) is 11.5 Å². The number of aliphatic hydroxyl groups is 1. The molecule has 82 valence electrons. The quantitative estimate of drug-likeness (QED) is 0.791. The molecule has 0 aliphatic carbocycles. The van der Waals surface area contributed by atoms with Crippen molar-refractivity contribution in [2.45, 2.75) is 0 Å². The molecular weight excluding hydrogens is 206 g/mol. The molecule has 1 aliphatic heterocycles. The van der Waals surface area contributed by atoms with Crippen molar-refractivity contribution in [3.05, 3.63) is 47.4 Å². The van der Waals surface area contributed by atoms with E-state index in [4.69, 9.17) is 4.74 Å². The molecule has 0 spiro atoms. The summed E-state index contributed by atoms with van der Waals surface area (Å²) < 4.78 is 5.03. The number of carbonyl (C=O) groups is 1. The van der Waals surface area contributed by atoms with E-state index < -0.39 is 0 Å². The first-order valence-corrected chi connectivity index (χ1v) is 4.77. The molecule has 0 saturated carbocycles. The first-order valence-electron chi connectivity index (χ1n) is 4.77. The number of carbonyl (C=O) groups excluding carboxylic acids is 1. The van der Waals surface area contributed by atoms with Crippen LogP contribution in [0.5, 0.6) is 5.75 Å². The van der Waals surface area contributed by atoms with E-state index in [1.54, 1.807) is 13.2 Å². The Labute approximate surface area is 92.9 Å². The molecule has 0 aromatic heterocycles. The van der Waals surface area contributed by atoms with Crippen LogP contribution in [0.3, 0.4) is 0 Å². The molecule has 4 nitrogen and oxygen atoms in total. The van der Waals surface area contributed by atoms with Gasteiger partial charge >= 0.3 is 0 Å². The third kappa shape index (κ3) is 2.06. The van der Waals surface area contributed by atoms with Crippen molar-refractivity contribution >= 4 is 12.0 Å². The van der Waals surface area contributed by atoms with Crippen molar-refractivity contribution in [1.29, 1.82) is 0 Å². The zero-order chi connectivity index (χ0) is 11.5. The number of amides is 1. The van der Waals surface area contributed by atoms with Gasteiger partial charge in [-0.15, -0.1) is 0 Å². The molecule has 2 rings (SSSR count). The largest absolute Gasteiger partial charge is 0.506 e. The summed E-state index contributed by atoms with van der Waals surface area (Å²) in [7, 11) is 1.60. The van der Waals surface area contributed by atoms with Gasteiger partial charge in [-0.05, 0) is 23.8 Å². The second-order valence-electron chi connectivity index (χ2n) is 3.35. The van der Waals surface area contributed by atoms with E-state index in [2.05, 4.69) is 5.32 Å². The predicted molar refractivity (Wildman–Crippen MR) is 59.8 cm³/mol. The smallest absolute Gasteiger partial charge is 0.252 e. The first-order chi connectivity index (χ1) is 7.69. The minimum atomic E-state index is -0.308. The summed E-state index contributed by atoms with van der Waals surface area (Å²) in [6.07, 6.45) is 2.84. The summed E-state index contributed by atoms with van der Waals surface area (Å²) in [6.45, 7) is 0. The van der Waals surface area contributed by atoms with Gasteiger partial charge < -0.3 is 15.2 Å². The van der Waals surface area contributed by atoms with Gasteiger partial charge in [0.2, 0.25) is 0 Å². The molecule has 1 heterocycles. The van der Waals surface area contributed by atoms with Crippen LogP contribution in [0.1, 0.15) is 5.56 Å². The fourth-order valence-corrected chi connectivity index (χ4v) is 1.41. The first kappa shape index (κ1) is 10.3. The van der Waals surface area contributed by atoms with E-state index in [0.29, 0.717) is 5.70 Å². The normalized spacial score (nSPS) is 17.2. The Morgan fingerprint density at radius 1 is 1.31 bits per heavy atom. The molecule has 0 unspecified atom stereocenters. The molecule has 1 aromatic rings. The molecule has 0 atom stereocenters. The second kappa shape index (κ2) is 4.10. The van der Waals surface area contributed by atoms with Gasteiger partial charge in [-0.2, -0.15) is 0 Å². The van der Waals surface area contributed by atoms with Gasteiger partial charge in [-0.25, -0.2) is 0 Å². The number of ether oxygens (including phenoxy) is 1. The van der Waals surface area contributed by atoms with Crippen molar-refractivity contribution < 1.29 is 14.6 Å². The Balaban J connectivity index is 2.23. The number of hydrogen-bond acceptors (Lipinski definition) is 3. The molecule has 0 radical (unpaired) electrons. The van der Waals surface area contributed by atoms with Gasteiger partial charge in [0.05, 0.1) is 12.8 Å². The van der Waals surface area contributed by atoms with E-state index in [-0.39, 0.29) is 11.7 Å². The molecule has 1 amide bonds. The number of benzene rings is 1. The van der Waals surface area contributed by atoms with Crippen LogP contribution in [-0.2, 0) is 4.79 Å². The summed E-state index contributed by atoms with van der Waals surface area (Å²) in [6, 6.07) is 7.29. The molecule has 0 saturated heterocycles. The van der Waals surface area contributed by atoms with E-state index in [9.17, 15) is 9.90 Å². The Hall–Kier alpha value is -2.23. The molecule has 16 heavy (non-hydrogen) atoms. The standard InChI is InChI=1S/C12H11NO3/c1-16-9-4-2-8(3-5-9)6-10-11(14)7-12(15)13-10/h2-7,14H,1H3,(H,13,15)/b10-6+. The Morgan fingerprint density at radius 2 is 2.00 bits per heavy atom. The molecule has 1 aliphatic rings. The number of methoxy groups -OCH3 is 1. The maximum absolute atomic E-state index is 10.9. The predicted octanol–water partition coefficient (Wildman–Crippen LogP) is 1.61. The Kier molecular flexibility index (Phi) is 2.64. The highest BCUT2D eigenvalue weighted by molar-refractivity contribution is 5.95. The highest BCUT2D eigenvalue weighted by Gasteiger charge is 2.15. The van der Waals surface area contributed by atoms with Gasteiger partial charge in [0.15, 0.2) is 0 Å². The summed E-state index contributed by atoms with van der Waals surface area (Å²) in [5.74, 6) is 0.412. The van der Waals surface area contributed by atoms with Crippen LogP contribution in [0.25, 0.3) is 6.08 Å². The summed E-state index contributed by atoms with van der Waals surface area (Å²) >= 11 is 0. The van der Waals surface area contributed by atoms with E-state index in [0.717, 1.165) is 17.4 Å². The molecule has 0 bridgehead atoms. The third-order valence-electron chi connectivity index (χ3n) is 2.23. The van der Waals surface area contributed by atoms with Crippen LogP contribution in [0.15, 0.2) is 41.8 Å². The lowest BCUT2D eigenvalue weighted by atomic mass is 10.2. The minimum absolute atomic E-state index is 0.0409. The lowest BCUT2D eigenvalue weighted by Crippen LogP contribution is -2.13. The SMILES string of the molecule is COc1ccc(/C=C2/NC(=O)C=C2O)cc1. The lowest BCUT2D eigenvalue weighted by Gasteiger charge is -2.02. The van der Waals surface area contributed by atoms with Crippen LogP contribution in [0.4, 0.5) is 0 Å². The molecule has 0 fully saturated rings. The van der Waals surface area contributed by atoms with Crippen LogP contribution >= 0.6 is 0 Å². The van der Waals surface area contributed by atoms with Gasteiger partial charge in [-0.1, -0.05) is 12.1 Å². The van der Waals surface area contributed by atoms with Gasteiger partial charge in [0.25, 0.3) is 5.91 Å². The molecule has 2 N–H and O–H groups in total. The lowest BCUT2D eigenvalue weighted by molar-refractivity contribution is -0.115. The summed E-state index contributed by atoms with van der Waals surface area (Å²) in [5, 5.41) is 11.9. The highest BCUT2D eigenvalue weighted by Crippen LogP contribution is 2.17. The van der Waals surface area contributed by atoms with Crippen LogP contribution < -0.4 is 10.1 Å². The fraction of sp³-hybridized carbons (Fsp3) is 0.0833. The Morgan fingerprint density at radius 3 is 2.50 bits per heavy atom. The molecule has 4 heteroatoms. The zero-order valence-electron chi connectivity index (χ0n) is 8.73. The van der Waals surface area contributed by atoms with E-state index in [1.807, 2.05) is 24.3 Å². The van der Waals surface area contributed by atoms with Crippen molar-refractivity contribution in [1.82, 2.24) is 5.32 Å². The third-order valence-corrected chi connectivity index (χ3v) is 2.23. The van der Waals surface area contributed by atoms with Crippen LogP contribution in [0.2, 0.25) is 0 Å². The van der Waals surface area contributed by atoms with E-state index >= 15 is 0 Å². The highest BCUT2D eigenvalue weighted by atomic mass is 16.5. The minimum Gasteiger partial charge on any atom is -0.506 e. The van der Waals surface area contributed by atoms with Gasteiger partial charge in [0, 0.05) is 6.08 Å². The van der Waals surface area contributed by atoms with Gasteiger partial charge in [-0.3, -0.25) is 4.79 Å². The zero-order valence-corrected chi connectivity index (χ0v) is 8.73. The van der Waals surface area contributed by atoms with Crippen LogP contribution in [0, 0.1) is 0 Å². The number of aliphatic hydroxyl groups excluding tert-OH is 1. The van der Waals surface area contributed by atoms with Crippen molar-refractivity contribution in [2.75, 3.05) is 7.11 Å². The van der Waals surface area contributed by atoms with Crippen molar-refractivity contribution in [2.24, 2.45) is 0 Å². The number of nitrogens with one attached hydrogen (secondary N) is 1.